The summed E-state index contributed by atoms with van der Waals surface area (Å²) in [6.45, 7) is 0.681. The van der Waals surface area contributed by atoms with Crippen molar-refractivity contribution in [1.82, 2.24) is 25.0 Å². The SMILES string of the molecule is c1ccc(CC(Cc2ccccn2)Cc2cn(Cc3c4ccccc4cc4ccccc34)nn2)nc1. The molecule has 0 fully saturated rings. The lowest BCUT2D eigenvalue weighted by Crippen LogP contribution is -2.13. The highest BCUT2D eigenvalue weighted by Crippen LogP contribution is 2.29. The summed E-state index contributed by atoms with van der Waals surface area (Å²) in [4.78, 5) is 9.12. The maximum atomic E-state index is 4.57. The van der Waals surface area contributed by atoms with E-state index in [1.165, 1.54) is 27.1 Å². The largest absolute Gasteiger partial charge is 0.261 e. The summed E-state index contributed by atoms with van der Waals surface area (Å²) in [5, 5.41) is 14.1. The van der Waals surface area contributed by atoms with Gasteiger partial charge >= 0.3 is 0 Å². The van der Waals surface area contributed by atoms with Gasteiger partial charge in [-0.05, 0) is 82.6 Å². The Labute approximate surface area is 210 Å². The second kappa shape index (κ2) is 10.1. The van der Waals surface area contributed by atoms with E-state index in [4.69, 9.17) is 0 Å². The Morgan fingerprint density at radius 1 is 0.611 bits per heavy atom. The van der Waals surface area contributed by atoms with E-state index in [2.05, 4.69) is 93.2 Å². The lowest BCUT2D eigenvalue weighted by atomic mass is 9.92. The monoisotopic (exact) mass is 469 g/mol. The third-order valence-corrected chi connectivity index (χ3v) is 6.73. The Kier molecular flexibility index (Phi) is 6.19. The molecule has 3 heterocycles. The van der Waals surface area contributed by atoms with Crippen LogP contribution in [0.15, 0.2) is 110 Å². The van der Waals surface area contributed by atoms with Crippen LogP contribution in [-0.2, 0) is 25.8 Å². The molecule has 0 bridgehead atoms. The van der Waals surface area contributed by atoms with Gasteiger partial charge in [0.2, 0.25) is 0 Å². The molecule has 0 atom stereocenters. The van der Waals surface area contributed by atoms with Crippen molar-refractivity contribution in [3.05, 3.63) is 132 Å². The topological polar surface area (TPSA) is 56.5 Å². The summed E-state index contributed by atoms with van der Waals surface area (Å²) in [5.74, 6) is 0.332. The van der Waals surface area contributed by atoms with Crippen LogP contribution < -0.4 is 0 Å². The third kappa shape index (κ3) is 4.86. The van der Waals surface area contributed by atoms with Gasteiger partial charge in [-0.1, -0.05) is 65.9 Å². The van der Waals surface area contributed by atoms with Gasteiger partial charge in [-0.3, -0.25) is 9.97 Å². The molecule has 0 aliphatic rings. The van der Waals surface area contributed by atoms with E-state index < -0.39 is 0 Å². The lowest BCUT2D eigenvalue weighted by molar-refractivity contribution is 0.500. The highest BCUT2D eigenvalue weighted by Gasteiger charge is 2.16. The first kappa shape index (κ1) is 22.1. The van der Waals surface area contributed by atoms with E-state index in [0.717, 1.165) is 36.3 Å². The van der Waals surface area contributed by atoms with Crippen molar-refractivity contribution >= 4 is 21.5 Å². The average molecular weight is 470 g/mol. The third-order valence-electron chi connectivity index (χ3n) is 6.73. The van der Waals surface area contributed by atoms with Gasteiger partial charge in [-0.2, -0.15) is 0 Å². The van der Waals surface area contributed by atoms with E-state index in [9.17, 15) is 0 Å². The molecule has 0 saturated carbocycles. The number of rotatable bonds is 8. The summed E-state index contributed by atoms with van der Waals surface area (Å²) in [7, 11) is 0. The number of hydrogen-bond acceptors (Lipinski definition) is 4. The van der Waals surface area contributed by atoms with Gasteiger partial charge < -0.3 is 0 Å². The highest BCUT2D eigenvalue weighted by atomic mass is 15.4. The molecular formula is C31H27N5. The summed E-state index contributed by atoms with van der Waals surface area (Å²) in [6.07, 6.45) is 8.39. The van der Waals surface area contributed by atoms with Crippen molar-refractivity contribution in [2.45, 2.75) is 25.8 Å². The molecule has 6 aromatic rings. The predicted octanol–water partition coefficient (Wildman–Crippen LogP) is 6.07. The smallest absolute Gasteiger partial charge is 0.0830 e. The summed E-state index contributed by atoms with van der Waals surface area (Å²) in [6, 6.07) is 31.6. The van der Waals surface area contributed by atoms with Crippen LogP contribution in [0.1, 0.15) is 22.6 Å². The first-order chi connectivity index (χ1) is 17.8. The molecule has 0 unspecified atom stereocenters. The molecule has 3 aromatic heterocycles. The molecular weight excluding hydrogens is 442 g/mol. The number of hydrogen-bond donors (Lipinski definition) is 0. The van der Waals surface area contributed by atoms with Gasteiger partial charge in [0.15, 0.2) is 0 Å². The summed E-state index contributed by atoms with van der Waals surface area (Å²) in [5.41, 5.74) is 4.45. The molecule has 5 heteroatoms. The van der Waals surface area contributed by atoms with Crippen LogP contribution in [0.5, 0.6) is 0 Å². The second-order valence-corrected chi connectivity index (χ2v) is 9.33. The zero-order chi connectivity index (χ0) is 24.2. The fraction of sp³-hybridized carbons (Fsp3) is 0.161. The molecule has 36 heavy (non-hydrogen) atoms. The van der Waals surface area contributed by atoms with Gasteiger partial charge in [-0.15, -0.1) is 5.10 Å². The number of nitrogens with zero attached hydrogens (tertiary/aromatic N) is 5. The predicted molar refractivity (Wildman–Crippen MR) is 144 cm³/mol. The van der Waals surface area contributed by atoms with Crippen molar-refractivity contribution < 1.29 is 0 Å². The quantitative estimate of drug-likeness (QED) is 0.254. The van der Waals surface area contributed by atoms with Crippen LogP contribution in [0.4, 0.5) is 0 Å². The van der Waals surface area contributed by atoms with Crippen LogP contribution in [0.2, 0.25) is 0 Å². The van der Waals surface area contributed by atoms with Crippen LogP contribution in [-0.4, -0.2) is 25.0 Å². The zero-order valence-electron chi connectivity index (χ0n) is 20.0. The standard InChI is InChI=1S/C31H27N5/c1-3-13-29-24(9-1)20-25-10-2-4-14-30(25)31(29)22-36-21-28(34-35-36)19-23(17-26-11-5-7-15-32-26)18-27-12-6-8-16-33-27/h1-16,20-21,23H,17-19,22H2. The van der Waals surface area contributed by atoms with Crippen LogP contribution in [0.25, 0.3) is 21.5 Å². The maximum Gasteiger partial charge on any atom is 0.0830 e. The molecule has 5 nitrogen and oxygen atoms in total. The van der Waals surface area contributed by atoms with Gasteiger partial charge in [0.05, 0.1) is 12.2 Å². The minimum atomic E-state index is 0.332. The van der Waals surface area contributed by atoms with Gasteiger partial charge in [-0.25, -0.2) is 4.68 Å². The molecule has 176 valence electrons. The minimum Gasteiger partial charge on any atom is -0.261 e. The van der Waals surface area contributed by atoms with E-state index in [1.807, 2.05) is 41.3 Å². The highest BCUT2D eigenvalue weighted by molar-refractivity contribution is 6.02. The van der Waals surface area contributed by atoms with Gasteiger partial charge in [0.1, 0.15) is 0 Å². The van der Waals surface area contributed by atoms with Crippen LogP contribution >= 0.6 is 0 Å². The lowest BCUT2D eigenvalue weighted by Gasteiger charge is -2.15. The molecule has 0 aliphatic heterocycles. The number of pyridine rings is 2. The minimum absolute atomic E-state index is 0.332. The molecule has 3 aromatic carbocycles. The Morgan fingerprint density at radius 3 is 1.75 bits per heavy atom. The molecule has 0 saturated heterocycles. The van der Waals surface area contributed by atoms with E-state index in [0.29, 0.717) is 12.5 Å². The Balaban J connectivity index is 1.28. The fourth-order valence-electron chi connectivity index (χ4n) is 5.09. The van der Waals surface area contributed by atoms with Crippen LogP contribution in [0.3, 0.4) is 0 Å². The first-order valence-corrected chi connectivity index (χ1v) is 12.4. The number of aromatic nitrogens is 5. The first-order valence-electron chi connectivity index (χ1n) is 12.4. The normalized spacial score (nSPS) is 11.5. The molecule has 0 aliphatic carbocycles. The van der Waals surface area contributed by atoms with Crippen molar-refractivity contribution in [1.29, 1.82) is 0 Å². The Morgan fingerprint density at radius 2 is 1.17 bits per heavy atom. The Bertz CT molecular complexity index is 1500. The van der Waals surface area contributed by atoms with Crippen molar-refractivity contribution in [2.24, 2.45) is 5.92 Å². The fourth-order valence-corrected chi connectivity index (χ4v) is 5.09. The van der Waals surface area contributed by atoms with Crippen molar-refractivity contribution in [3.63, 3.8) is 0 Å². The molecule has 6 rings (SSSR count). The molecule has 0 radical (unpaired) electrons. The van der Waals surface area contributed by atoms with Gasteiger partial charge in [0, 0.05) is 30.0 Å². The number of fused-ring (bicyclic) bond motifs is 2. The molecule has 0 amide bonds. The average Bonchev–Trinajstić information content (AvgIpc) is 3.36. The second-order valence-electron chi connectivity index (χ2n) is 9.33. The molecule has 0 spiro atoms. The summed E-state index contributed by atoms with van der Waals surface area (Å²) < 4.78 is 1.97. The van der Waals surface area contributed by atoms with E-state index in [-0.39, 0.29) is 0 Å². The number of benzene rings is 3. The molecule has 0 N–H and O–H groups in total. The van der Waals surface area contributed by atoms with Crippen molar-refractivity contribution in [3.8, 4) is 0 Å². The Hall–Kier alpha value is -4.38. The van der Waals surface area contributed by atoms with Crippen LogP contribution in [0, 0.1) is 5.92 Å². The van der Waals surface area contributed by atoms with Crippen molar-refractivity contribution in [2.75, 3.05) is 0 Å². The van der Waals surface area contributed by atoms with E-state index >= 15 is 0 Å². The summed E-state index contributed by atoms with van der Waals surface area (Å²) >= 11 is 0. The van der Waals surface area contributed by atoms with Gasteiger partial charge in [0.25, 0.3) is 0 Å². The maximum absolute atomic E-state index is 4.57. The zero-order valence-corrected chi connectivity index (χ0v) is 20.0. The van der Waals surface area contributed by atoms with E-state index in [1.54, 1.807) is 0 Å².